The molecule has 2 aromatic carbocycles. The van der Waals surface area contributed by atoms with Crippen LogP contribution in [0.5, 0.6) is 0 Å². The molecule has 212 valence electrons. The standard InChI is InChI=1S/C31H34N6O4/c1-18(2)37-28-16-20(14-23(24(28)17-33-37)30(39)34-25-6-7-29(38)35-31(25)40)19-4-5-22-26(15-19)32-11-8-27(22)36-12-9-21(41-3)10-13-36/h4-5,8,11,14-18,21,25H,6-7,9-10,12-13H2,1-3H3,(H,34,39)(H,35,38,40). The van der Waals surface area contributed by atoms with Gasteiger partial charge in [0.05, 0.1) is 28.9 Å². The first-order chi connectivity index (χ1) is 19.8. The Hall–Kier alpha value is -4.31. The lowest BCUT2D eigenvalue weighted by molar-refractivity contribution is -0.134. The van der Waals surface area contributed by atoms with Crippen molar-refractivity contribution in [2.45, 2.75) is 57.7 Å². The lowest BCUT2D eigenvalue weighted by atomic mass is 9.97. The maximum Gasteiger partial charge on any atom is 0.252 e. The third-order valence-electron chi connectivity index (χ3n) is 8.16. The molecule has 0 bridgehead atoms. The van der Waals surface area contributed by atoms with E-state index in [0.29, 0.717) is 17.1 Å². The van der Waals surface area contributed by atoms with Gasteiger partial charge in [0, 0.05) is 55.3 Å². The van der Waals surface area contributed by atoms with E-state index in [-0.39, 0.29) is 30.7 Å². The number of methoxy groups -OCH3 is 1. The fourth-order valence-electron chi connectivity index (χ4n) is 5.90. The highest BCUT2D eigenvalue weighted by atomic mass is 16.5. The van der Waals surface area contributed by atoms with Crippen LogP contribution in [0, 0.1) is 0 Å². The quantitative estimate of drug-likeness (QED) is 0.346. The van der Waals surface area contributed by atoms with E-state index in [4.69, 9.17) is 4.74 Å². The summed E-state index contributed by atoms with van der Waals surface area (Å²) >= 11 is 0. The molecule has 1 unspecified atom stereocenters. The fraction of sp³-hybridized carbons (Fsp3) is 0.387. The molecule has 10 nitrogen and oxygen atoms in total. The Morgan fingerprint density at radius 1 is 1.05 bits per heavy atom. The molecule has 2 aliphatic heterocycles. The molecule has 3 amide bonds. The van der Waals surface area contributed by atoms with Crippen molar-refractivity contribution in [1.82, 2.24) is 25.4 Å². The molecule has 41 heavy (non-hydrogen) atoms. The van der Waals surface area contributed by atoms with E-state index in [2.05, 4.69) is 49.9 Å². The molecule has 6 rings (SSSR count). The number of nitrogens with zero attached hydrogens (tertiary/aromatic N) is 4. The van der Waals surface area contributed by atoms with Crippen molar-refractivity contribution < 1.29 is 19.1 Å². The number of hydrogen-bond donors (Lipinski definition) is 2. The number of rotatable bonds is 6. The minimum atomic E-state index is -0.767. The summed E-state index contributed by atoms with van der Waals surface area (Å²) in [4.78, 5) is 44.5. The number of ether oxygens (including phenoxy) is 1. The normalized spacial score (nSPS) is 18.3. The third kappa shape index (κ3) is 5.15. The number of benzene rings is 2. The van der Waals surface area contributed by atoms with Gasteiger partial charge in [0.2, 0.25) is 11.8 Å². The minimum Gasteiger partial charge on any atom is -0.381 e. The minimum absolute atomic E-state index is 0.0804. The van der Waals surface area contributed by atoms with E-state index < -0.39 is 11.9 Å². The van der Waals surface area contributed by atoms with E-state index in [1.165, 1.54) is 0 Å². The summed E-state index contributed by atoms with van der Waals surface area (Å²) in [5, 5.41) is 11.5. The molecule has 10 heteroatoms. The van der Waals surface area contributed by atoms with Crippen molar-refractivity contribution in [3.05, 3.63) is 54.4 Å². The zero-order valence-electron chi connectivity index (χ0n) is 23.5. The fourth-order valence-corrected chi connectivity index (χ4v) is 5.90. The van der Waals surface area contributed by atoms with Gasteiger partial charge in [-0.15, -0.1) is 0 Å². The molecule has 2 saturated heterocycles. The van der Waals surface area contributed by atoms with Crippen LogP contribution in [-0.4, -0.2) is 64.8 Å². The van der Waals surface area contributed by atoms with Crippen molar-refractivity contribution in [2.24, 2.45) is 0 Å². The number of imide groups is 1. The van der Waals surface area contributed by atoms with E-state index in [1.54, 1.807) is 13.3 Å². The molecule has 4 aromatic rings. The van der Waals surface area contributed by atoms with Crippen molar-refractivity contribution >= 4 is 45.2 Å². The molecule has 2 N–H and O–H groups in total. The van der Waals surface area contributed by atoms with Crippen LogP contribution in [0.3, 0.4) is 0 Å². The van der Waals surface area contributed by atoms with E-state index in [0.717, 1.165) is 59.2 Å². The van der Waals surface area contributed by atoms with Crippen molar-refractivity contribution in [3.8, 4) is 11.1 Å². The van der Waals surface area contributed by atoms with Crippen molar-refractivity contribution in [3.63, 3.8) is 0 Å². The molecular weight excluding hydrogens is 520 g/mol. The summed E-state index contributed by atoms with van der Waals surface area (Å²) < 4.78 is 7.44. The number of carbonyl (C=O) groups is 3. The molecule has 0 radical (unpaired) electrons. The van der Waals surface area contributed by atoms with Crippen LogP contribution in [0.1, 0.15) is 55.9 Å². The van der Waals surface area contributed by atoms with Gasteiger partial charge in [0.25, 0.3) is 5.91 Å². The highest BCUT2D eigenvalue weighted by molar-refractivity contribution is 6.10. The number of amides is 3. The third-order valence-corrected chi connectivity index (χ3v) is 8.16. The molecule has 0 spiro atoms. The molecule has 2 fully saturated rings. The summed E-state index contributed by atoms with van der Waals surface area (Å²) in [5.41, 5.74) is 5.07. The lowest BCUT2D eigenvalue weighted by Gasteiger charge is -2.33. The summed E-state index contributed by atoms with van der Waals surface area (Å²) in [5.74, 6) is -1.19. The first-order valence-corrected chi connectivity index (χ1v) is 14.1. The van der Waals surface area contributed by atoms with E-state index >= 15 is 0 Å². The van der Waals surface area contributed by atoms with Crippen LogP contribution >= 0.6 is 0 Å². The van der Waals surface area contributed by atoms with Gasteiger partial charge < -0.3 is 15.0 Å². The molecular formula is C31H34N6O4. The second-order valence-electron chi connectivity index (χ2n) is 11.1. The van der Waals surface area contributed by atoms with E-state index in [1.807, 2.05) is 36.9 Å². The monoisotopic (exact) mass is 554 g/mol. The van der Waals surface area contributed by atoms with Crippen molar-refractivity contribution in [1.29, 1.82) is 0 Å². The molecule has 0 aliphatic carbocycles. The second kappa shape index (κ2) is 10.9. The maximum absolute atomic E-state index is 13.6. The zero-order valence-corrected chi connectivity index (χ0v) is 23.5. The Kier molecular flexibility index (Phi) is 7.17. The number of pyridine rings is 1. The van der Waals surface area contributed by atoms with Gasteiger partial charge in [0.15, 0.2) is 0 Å². The van der Waals surface area contributed by atoms with Gasteiger partial charge in [-0.25, -0.2) is 0 Å². The average Bonchev–Trinajstić information content (AvgIpc) is 3.42. The average molecular weight is 555 g/mol. The summed E-state index contributed by atoms with van der Waals surface area (Å²) in [7, 11) is 1.78. The number of hydrogen-bond acceptors (Lipinski definition) is 7. The van der Waals surface area contributed by atoms with E-state index in [9.17, 15) is 14.4 Å². The number of anilines is 1. The lowest BCUT2D eigenvalue weighted by Crippen LogP contribution is -2.52. The number of carbonyl (C=O) groups excluding carboxylic acids is 3. The largest absolute Gasteiger partial charge is 0.381 e. The van der Waals surface area contributed by atoms with Crippen LogP contribution in [0.4, 0.5) is 5.69 Å². The van der Waals surface area contributed by atoms with Gasteiger partial charge in [-0.1, -0.05) is 12.1 Å². The molecule has 0 saturated carbocycles. The molecule has 4 heterocycles. The van der Waals surface area contributed by atoms with Crippen LogP contribution in [0.2, 0.25) is 0 Å². The number of fused-ring (bicyclic) bond motifs is 2. The molecule has 2 aliphatic rings. The van der Waals surface area contributed by atoms with Gasteiger partial charge in [-0.3, -0.25) is 29.4 Å². The van der Waals surface area contributed by atoms with Gasteiger partial charge in [-0.2, -0.15) is 5.10 Å². The van der Waals surface area contributed by atoms with Crippen LogP contribution in [0.25, 0.3) is 32.9 Å². The molecule has 2 aromatic heterocycles. The highest BCUT2D eigenvalue weighted by Crippen LogP contribution is 2.34. The Bertz CT molecular complexity index is 1650. The number of nitrogens with one attached hydrogen (secondary N) is 2. The summed E-state index contributed by atoms with van der Waals surface area (Å²) in [6, 6.07) is 11.5. The maximum atomic E-state index is 13.6. The topological polar surface area (TPSA) is 118 Å². The smallest absolute Gasteiger partial charge is 0.252 e. The van der Waals surface area contributed by atoms with Gasteiger partial charge in [0.1, 0.15) is 6.04 Å². The number of aromatic nitrogens is 3. The van der Waals surface area contributed by atoms with Crippen LogP contribution in [-0.2, 0) is 14.3 Å². The van der Waals surface area contributed by atoms with Crippen LogP contribution < -0.4 is 15.5 Å². The molecule has 1 atom stereocenters. The first-order valence-electron chi connectivity index (χ1n) is 14.1. The summed E-state index contributed by atoms with van der Waals surface area (Å²) in [6.07, 6.45) is 6.29. The Morgan fingerprint density at radius 2 is 1.85 bits per heavy atom. The first kappa shape index (κ1) is 26.9. The predicted octanol–water partition coefficient (Wildman–Crippen LogP) is 3.98. The Morgan fingerprint density at radius 3 is 2.59 bits per heavy atom. The Labute approximate surface area is 238 Å². The van der Waals surface area contributed by atoms with Gasteiger partial charge >= 0.3 is 0 Å². The Balaban J connectivity index is 1.38. The second-order valence-corrected chi connectivity index (χ2v) is 11.1. The highest BCUT2D eigenvalue weighted by Gasteiger charge is 2.29. The number of piperidine rings is 2. The van der Waals surface area contributed by atoms with Gasteiger partial charge in [-0.05, 0) is 68.5 Å². The zero-order chi connectivity index (χ0) is 28.7. The van der Waals surface area contributed by atoms with Crippen molar-refractivity contribution in [2.75, 3.05) is 25.1 Å². The van der Waals surface area contributed by atoms with Crippen LogP contribution in [0.15, 0.2) is 48.8 Å². The summed E-state index contributed by atoms with van der Waals surface area (Å²) in [6.45, 7) is 5.94. The predicted molar refractivity (Wildman–Crippen MR) is 157 cm³/mol. The SMILES string of the molecule is COC1CCN(c2ccnc3cc(-c4cc(C(=O)NC5CCC(=O)NC5=O)c5cnn(C(C)C)c5c4)ccc23)CC1.